The van der Waals surface area contributed by atoms with E-state index in [0.717, 1.165) is 5.56 Å². The number of aliphatic hydroxyl groups is 2. The molecule has 0 aliphatic carbocycles. The first-order valence-electron chi connectivity index (χ1n) is 5.22. The number of benzene rings is 1. The van der Waals surface area contributed by atoms with Gasteiger partial charge in [0.1, 0.15) is 0 Å². The largest absolute Gasteiger partial charge is 0.390 e. The quantitative estimate of drug-likeness (QED) is 0.876. The van der Waals surface area contributed by atoms with Crippen molar-refractivity contribution < 1.29 is 10.2 Å². The van der Waals surface area contributed by atoms with E-state index in [1.807, 2.05) is 13.8 Å². The molecular weight excluding hydrogens is 247 g/mol. The minimum absolute atomic E-state index is 0.0257. The van der Waals surface area contributed by atoms with Crippen LogP contribution in [0.1, 0.15) is 19.4 Å². The van der Waals surface area contributed by atoms with E-state index >= 15 is 0 Å². The minimum atomic E-state index is -0.780. The van der Waals surface area contributed by atoms with Crippen molar-refractivity contribution in [1.82, 2.24) is 0 Å². The molecule has 1 aromatic rings. The third-order valence-electron chi connectivity index (χ3n) is 2.51. The van der Waals surface area contributed by atoms with Crippen LogP contribution in [0.25, 0.3) is 0 Å². The zero-order chi connectivity index (χ0) is 12.3. The summed E-state index contributed by atoms with van der Waals surface area (Å²) in [5, 5.41) is 20.4. The van der Waals surface area contributed by atoms with Crippen molar-refractivity contribution in [3.8, 4) is 0 Å². The fraction of sp³-hybridized carbons (Fsp3) is 0.500. The molecule has 0 bridgehead atoms. The average Bonchev–Trinajstić information content (AvgIpc) is 2.22. The maximum Gasteiger partial charge on any atom is 0.0841 e. The molecule has 0 radical (unpaired) electrons. The highest BCUT2D eigenvalue weighted by atomic mass is 35.5. The smallest absolute Gasteiger partial charge is 0.0841 e. The first kappa shape index (κ1) is 13.8. The third-order valence-corrected chi connectivity index (χ3v) is 3.25. The van der Waals surface area contributed by atoms with Gasteiger partial charge >= 0.3 is 0 Å². The van der Waals surface area contributed by atoms with Crippen LogP contribution in [0.5, 0.6) is 0 Å². The fourth-order valence-corrected chi connectivity index (χ4v) is 1.79. The first-order valence-corrected chi connectivity index (χ1v) is 5.97. The molecule has 0 aliphatic heterocycles. The van der Waals surface area contributed by atoms with Crippen molar-refractivity contribution in [1.29, 1.82) is 0 Å². The van der Waals surface area contributed by atoms with Crippen LogP contribution in [-0.2, 0) is 6.42 Å². The average molecular weight is 263 g/mol. The highest BCUT2D eigenvalue weighted by molar-refractivity contribution is 6.42. The molecule has 1 aromatic carbocycles. The lowest BCUT2D eigenvalue weighted by molar-refractivity contribution is -0.00731. The van der Waals surface area contributed by atoms with Gasteiger partial charge < -0.3 is 10.2 Å². The van der Waals surface area contributed by atoms with Gasteiger partial charge in [0, 0.05) is 6.42 Å². The summed E-state index contributed by atoms with van der Waals surface area (Å²) in [4.78, 5) is 0. The molecule has 2 unspecified atom stereocenters. The van der Waals surface area contributed by atoms with Crippen molar-refractivity contribution in [2.24, 2.45) is 5.92 Å². The second-order valence-corrected chi connectivity index (χ2v) is 5.07. The topological polar surface area (TPSA) is 40.5 Å². The molecule has 16 heavy (non-hydrogen) atoms. The van der Waals surface area contributed by atoms with E-state index in [9.17, 15) is 10.2 Å². The Morgan fingerprint density at radius 2 is 1.75 bits per heavy atom. The van der Waals surface area contributed by atoms with Crippen LogP contribution in [0.3, 0.4) is 0 Å². The molecule has 0 spiro atoms. The summed E-state index contributed by atoms with van der Waals surface area (Å²) in [7, 11) is 0. The molecule has 90 valence electrons. The number of halogens is 2. The van der Waals surface area contributed by atoms with Gasteiger partial charge in [0.15, 0.2) is 0 Å². The number of aliphatic hydroxyl groups excluding tert-OH is 2. The number of hydrogen-bond acceptors (Lipinski definition) is 2. The van der Waals surface area contributed by atoms with Gasteiger partial charge in [0.05, 0.1) is 22.3 Å². The molecule has 0 aromatic heterocycles. The first-order chi connectivity index (χ1) is 7.41. The highest BCUT2D eigenvalue weighted by Gasteiger charge is 2.20. The van der Waals surface area contributed by atoms with Gasteiger partial charge in [-0.25, -0.2) is 0 Å². The summed E-state index contributed by atoms with van der Waals surface area (Å²) < 4.78 is 0. The molecule has 2 atom stereocenters. The standard InChI is InChI=1S/C12H16Cl2O2/c1-7(2)12(16)11(15)6-8-3-4-9(13)10(14)5-8/h3-5,7,11-12,15-16H,6H2,1-2H3. The monoisotopic (exact) mass is 262 g/mol. The molecule has 0 aliphatic rings. The molecular formula is C12H16Cl2O2. The van der Waals surface area contributed by atoms with E-state index in [4.69, 9.17) is 23.2 Å². The van der Waals surface area contributed by atoms with E-state index in [2.05, 4.69) is 0 Å². The summed E-state index contributed by atoms with van der Waals surface area (Å²) >= 11 is 11.6. The maximum atomic E-state index is 9.78. The van der Waals surface area contributed by atoms with Crippen molar-refractivity contribution in [2.75, 3.05) is 0 Å². The van der Waals surface area contributed by atoms with Crippen LogP contribution >= 0.6 is 23.2 Å². The summed E-state index contributed by atoms with van der Waals surface area (Å²) in [5.74, 6) is 0.0257. The van der Waals surface area contributed by atoms with Crippen molar-refractivity contribution in [2.45, 2.75) is 32.5 Å². The summed E-state index contributed by atoms with van der Waals surface area (Å²) in [6.45, 7) is 3.73. The predicted molar refractivity (Wildman–Crippen MR) is 67.0 cm³/mol. The Hall–Kier alpha value is -0.280. The van der Waals surface area contributed by atoms with Gasteiger partial charge in [0.2, 0.25) is 0 Å². The SMILES string of the molecule is CC(C)C(O)C(O)Cc1ccc(Cl)c(Cl)c1. The summed E-state index contributed by atoms with van der Waals surface area (Å²) in [6, 6.07) is 5.19. The van der Waals surface area contributed by atoms with E-state index in [0.29, 0.717) is 16.5 Å². The van der Waals surface area contributed by atoms with Crippen LogP contribution in [0.15, 0.2) is 18.2 Å². The van der Waals surface area contributed by atoms with E-state index in [-0.39, 0.29) is 5.92 Å². The number of hydrogen-bond donors (Lipinski definition) is 2. The molecule has 0 amide bonds. The Bertz CT molecular complexity index is 353. The molecule has 2 N–H and O–H groups in total. The molecule has 4 heteroatoms. The summed E-state index contributed by atoms with van der Waals surface area (Å²) in [5.41, 5.74) is 0.863. The predicted octanol–water partition coefficient (Wildman–Crippen LogP) is 2.91. The maximum absolute atomic E-state index is 9.78. The van der Waals surface area contributed by atoms with Gasteiger partial charge in [-0.1, -0.05) is 43.1 Å². The van der Waals surface area contributed by atoms with Crippen molar-refractivity contribution in [3.63, 3.8) is 0 Å². The molecule has 0 fully saturated rings. The normalized spacial score (nSPS) is 15.2. The van der Waals surface area contributed by atoms with Gasteiger partial charge in [-0.05, 0) is 23.6 Å². The van der Waals surface area contributed by atoms with Crippen molar-refractivity contribution >= 4 is 23.2 Å². The van der Waals surface area contributed by atoms with Crippen LogP contribution in [0.2, 0.25) is 10.0 Å². The molecule has 0 heterocycles. The Morgan fingerprint density at radius 1 is 1.12 bits per heavy atom. The lowest BCUT2D eigenvalue weighted by Gasteiger charge is -2.21. The summed E-state index contributed by atoms with van der Waals surface area (Å²) in [6.07, 6.45) is -1.14. The van der Waals surface area contributed by atoms with Gasteiger partial charge in [0.25, 0.3) is 0 Å². The third kappa shape index (κ3) is 3.63. The van der Waals surface area contributed by atoms with Crippen LogP contribution in [0, 0.1) is 5.92 Å². The van der Waals surface area contributed by atoms with E-state index in [1.165, 1.54) is 0 Å². The second-order valence-electron chi connectivity index (χ2n) is 4.25. The van der Waals surface area contributed by atoms with E-state index in [1.54, 1.807) is 18.2 Å². The zero-order valence-electron chi connectivity index (χ0n) is 9.32. The zero-order valence-corrected chi connectivity index (χ0v) is 10.8. The highest BCUT2D eigenvalue weighted by Crippen LogP contribution is 2.23. The lowest BCUT2D eigenvalue weighted by Crippen LogP contribution is -2.32. The van der Waals surface area contributed by atoms with Crippen molar-refractivity contribution in [3.05, 3.63) is 33.8 Å². The van der Waals surface area contributed by atoms with Crippen LogP contribution in [-0.4, -0.2) is 22.4 Å². The van der Waals surface area contributed by atoms with Crippen LogP contribution in [0.4, 0.5) is 0 Å². The van der Waals surface area contributed by atoms with Gasteiger partial charge in [-0.2, -0.15) is 0 Å². The lowest BCUT2D eigenvalue weighted by atomic mass is 9.96. The minimum Gasteiger partial charge on any atom is -0.390 e. The molecule has 1 rings (SSSR count). The molecule has 0 saturated heterocycles. The Morgan fingerprint density at radius 3 is 2.25 bits per heavy atom. The van der Waals surface area contributed by atoms with Crippen LogP contribution < -0.4 is 0 Å². The molecule has 2 nitrogen and oxygen atoms in total. The Balaban J connectivity index is 2.69. The second kappa shape index (κ2) is 5.87. The molecule has 0 saturated carbocycles. The van der Waals surface area contributed by atoms with E-state index < -0.39 is 12.2 Å². The fourth-order valence-electron chi connectivity index (χ4n) is 1.47. The van der Waals surface area contributed by atoms with Gasteiger partial charge in [-0.3, -0.25) is 0 Å². The van der Waals surface area contributed by atoms with Gasteiger partial charge in [-0.15, -0.1) is 0 Å². The Labute approximate surface area is 106 Å². The Kier molecular flexibility index (Phi) is 5.06. The number of rotatable bonds is 4.